The van der Waals surface area contributed by atoms with Gasteiger partial charge in [-0.15, -0.1) is 0 Å². The first-order valence-corrected chi connectivity index (χ1v) is 8.41. The lowest BCUT2D eigenvalue weighted by atomic mass is 10.2. The summed E-state index contributed by atoms with van der Waals surface area (Å²) in [6.07, 6.45) is 0. The molecule has 3 aromatic carbocycles. The SMILES string of the molecule is Cc1cc(Nc2cccc(OCc3ccccc3)c2Br)ccc1F. The van der Waals surface area contributed by atoms with Gasteiger partial charge in [0.2, 0.25) is 0 Å². The van der Waals surface area contributed by atoms with Gasteiger partial charge in [-0.3, -0.25) is 0 Å². The van der Waals surface area contributed by atoms with Gasteiger partial charge >= 0.3 is 0 Å². The Bertz CT molecular complexity index is 836. The number of halogens is 2. The second-order valence-corrected chi connectivity index (χ2v) is 6.27. The van der Waals surface area contributed by atoms with E-state index in [9.17, 15) is 4.39 Å². The van der Waals surface area contributed by atoms with E-state index >= 15 is 0 Å². The molecule has 3 rings (SSSR count). The molecule has 122 valence electrons. The standard InChI is InChI=1S/C20H17BrFNO/c1-14-12-16(10-11-17(14)22)23-18-8-5-9-19(20(18)21)24-13-15-6-3-2-4-7-15/h2-12,23H,13H2,1H3. The summed E-state index contributed by atoms with van der Waals surface area (Å²) in [6.45, 7) is 2.24. The highest BCUT2D eigenvalue weighted by molar-refractivity contribution is 9.10. The molecule has 0 fully saturated rings. The number of anilines is 2. The van der Waals surface area contributed by atoms with Crippen LogP contribution in [0.15, 0.2) is 71.2 Å². The van der Waals surface area contributed by atoms with E-state index in [0.717, 1.165) is 27.2 Å². The Hall–Kier alpha value is -2.33. The summed E-state index contributed by atoms with van der Waals surface area (Å²) in [7, 11) is 0. The summed E-state index contributed by atoms with van der Waals surface area (Å²) in [6, 6.07) is 20.7. The van der Waals surface area contributed by atoms with Crippen molar-refractivity contribution in [1.82, 2.24) is 0 Å². The van der Waals surface area contributed by atoms with Gasteiger partial charge in [0.05, 0.1) is 10.2 Å². The largest absolute Gasteiger partial charge is 0.488 e. The third kappa shape index (κ3) is 3.95. The van der Waals surface area contributed by atoms with E-state index in [1.807, 2.05) is 48.5 Å². The van der Waals surface area contributed by atoms with Crippen LogP contribution in [0.25, 0.3) is 0 Å². The first-order valence-electron chi connectivity index (χ1n) is 7.62. The van der Waals surface area contributed by atoms with Gasteiger partial charge in [0.1, 0.15) is 18.2 Å². The predicted molar refractivity (Wildman–Crippen MR) is 99.3 cm³/mol. The minimum atomic E-state index is -0.209. The molecule has 0 saturated heterocycles. The normalized spacial score (nSPS) is 10.5. The predicted octanol–water partition coefficient (Wildman–Crippen LogP) is 6.22. The van der Waals surface area contributed by atoms with Gasteiger partial charge in [-0.1, -0.05) is 36.4 Å². The van der Waals surface area contributed by atoms with E-state index in [4.69, 9.17) is 4.74 Å². The topological polar surface area (TPSA) is 21.3 Å². The highest BCUT2D eigenvalue weighted by Crippen LogP contribution is 2.34. The second kappa shape index (κ2) is 7.49. The van der Waals surface area contributed by atoms with Gasteiger partial charge in [0.15, 0.2) is 0 Å². The van der Waals surface area contributed by atoms with Crippen LogP contribution in [0.2, 0.25) is 0 Å². The van der Waals surface area contributed by atoms with Gasteiger partial charge in [-0.25, -0.2) is 4.39 Å². The number of hydrogen-bond donors (Lipinski definition) is 1. The van der Waals surface area contributed by atoms with Crippen molar-refractivity contribution in [3.63, 3.8) is 0 Å². The van der Waals surface area contributed by atoms with Crippen molar-refractivity contribution >= 4 is 27.3 Å². The molecule has 1 N–H and O–H groups in total. The van der Waals surface area contributed by atoms with Crippen molar-refractivity contribution in [2.75, 3.05) is 5.32 Å². The Morgan fingerprint density at radius 2 is 1.79 bits per heavy atom. The zero-order chi connectivity index (χ0) is 16.9. The molecule has 3 aromatic rings. The monoisotopic (exact) mass is 385 g/mol. The highest BCUT2D eigenvalue weighted by Gasteiger charge is 2.08. The molecule has 0 atom stereocenters. The van der Waals surface area contributed by atoms with Crippen LogP contribution in [-0.2, 0) is 6.61 Å². The maximum Gasteiger partial charge on any atom is 0.136 e. The molecule has 0 spiro atoms. The number of nitrogens with one attached hydrogen (secondary N) is 1. The minimum absolute atomic E-state index is 0.209. The van der Waals surface area contributed by atoms with Crippen LogP contribution >= 0.6 is 15.9 Å². The zero-order valence-electron chi connectivity index (χ0n) is 13.2. The van der Waals surface area contributed by atoms with Crippen molar-refractivity contribution in [1.29, 1.82) is 0 Å². The molecule has 0 aliphatic rings. The number of ether oxygens (including phenoxy) is 1. The Morgan fingerprint density at radius 3 is 2.54 bits per heavy atom. The fourth-order valence-corrected chi connectivity index (χ4v) is 2.81. The van der Waals surface area contributed by atoms with E-state index in [-0.39, 0.29) is 5.82 Å². The van der Waals surface area contributed by atoms with Gasteiger partial charge in [0, 0.05) is 5.69 Å². The Labute approximate surface area is 149 Å². The molecule has 2 nitrogen and oxygen atoms in total. The first kappa shape index (κ1) is 16.5. The van der Waals surface area contributed by atoms with E-state index in [1.54, 1.807) is 19.1 Å². The molecule has 0 amide bonds. The average molecular weight is 386 g/mol. The smallest absolute Gasteiger partial charge is 0.136 e. The molecule has 0 saturated carbocycles. The second-order valence-electron chi connectivity index (χ2n) is 5.48. The van der Waals surface area contributed by atoms with Crippen LogP contribution in [-0.4, -0.2) is 0 Å². The van der Waals surface area contributed by atoms with E-state index in [1.165, 1.54) is 6.07 Å². The summed E-state index contributed by atoms with van der Waals surface area (Å²) >= 11 is 3.58. The molecule has 0 heterocycles. The van der Waals surface area contributed by atoms with Gasteiger partial charge in [0.25, 0.3) is 0 Å². The van der Waals surface area contributed by atoms with Crippen LogP contribution in [0.4, 0.5) is 15.8 Å². The highest BCUT2D eigenvalue weighted by atomic mass is 79.9. The van der Waals surface area contributed by atoms with E-state index in [0.29, 0.717) is 12.2 Å². The maximum absolute atomic E-state index is 13.4. The lowest BCUT2D eigenvalue weighted by Crippen LogP contribution is -1.98. The quantitative estimate of drug-likeness (QED) is 0.562. The Morgan fingerprint density at radius 1 is 1.00 bits per heavy atom. The summed E-state index contributed by atoms with van der Waals surface area (Å²) < 4.78 is 20.1. The van der Waals surface area contributed by atoms with Crippen molar-refractivity contribution < 1.29 is 9.13 Å². The van der Waals surface area contributed by atoms with E-state index in [2.05, 4.69) is 21.2 Å². The molecule has 0 aliphatic carbocycles. The van der Waals surface area contributed by atoms with Crippen LogP contribution in [0.1, 0.15) is 11.1 Å². The maximum atomic E-state index is 13.4. The van der Waals surface area contributed by atoms with Crippen LogP contribution in [0.3, 0.4) is 0 Å². The molecule has 24 heavy (non-hydrogen) atoms. The summed E-state index contributed by atoms with van der Waals surface area (Å²) in [5.74, 6) is 0.544. The van der Waals surface area contributed by atoms with Gasteiger partial charge in [-0.05, 0) is 64.3 Å². The van der Waals surface area contributed by atoms with Crippen molar-refractivity contribution in [2.24, 2.45) is 0 Å². The molecule has 0 aromatic heterocycles. The van der Waals surface area contributed by atoms with Crippen molar-refractivity contribution in [2.45, 2.75) is 13.5 Å². The van der Waals surface area contributed by atoms with Gasteiger partial charge in [-0.2, -0.15) is 0 Å². The number of rotatable bonds is 5. The molecule has 0 aliphatic heterocycles. The first-order chi connectivity index (χ1) is 11.6. The average Bonchev–Trinajstić information content (AvgIpc) is 2.60. The van der Waals surface area contributed by atoms with E-state index < -0.39 is 0 Å². The summed E-state index contributed by atoms with van der Waals surface area (Å²) in [5, 5.41) is 3.29. The van der Waals surface area contributed by atoms with Crippen molar-refractivity contribution in [3.8, 4) is 5.75 Å². The fraction of sp³-hybridized carbons (Fsp3) is 0.100. The molecular formula is C20H17BrFNO. The number of benzene rings is 3. The molecule has 4 heteroatoms. The fourth-order valence-electron chi connectivity index (χ4n) is 2.33. The van der Waals surface area contributed by atoms with Crippen LogP contribution in [0.5, 0.6) is 5.75 Å². The molecular weight excluding hydrogens is 369 g/mol. The van der Waals surface area contributed by atoms with Crippen LogP contribution < -0.4 is 10.1 Å². The number of aryl methyl sites for hydroxylation is 1. The molecule has 0 bridgehead atoms. The van der Waals surface area contributed by atoms with Crippen LogP contribution in [0, 0.1) is 12.7 Å². The van der Waals surface area contributed by atoms with Crippen molar-refractivity contribution in [3.05, 3.63) is 88.1 Å². The Kier molecular flexibility index (Phi) is 5.16. The minimum Gasteiger partial charge on any atom is -0.488 e. The third-order valence-electron chi connectivity index (χ3n) is 3.64. The Balaban J connectivity index is 1.76. The summed E-state index contributed by atoms with van der Waals surface area (Å²) in [4.78, 5) is 0. The summed E-state index contributed by atoms with van der Waals surface area (Å²) in [5.41, 5.74) is 3.41. The number of hydrogen-bond acceptors (Lipinski definition) is 2. The van der Waals surface area contributed by atoms with Gasteiger partial charge < -0.3 is 10.1 Å². The molecule has 0 radical (unpaired) electrons. The third-order valence-corrected chi connectivity index (χ3v) is 4.46. The lowest BCUT2D eigenvalue weighted by molar-refractivity contribution is 0.304. The molecule has 0 unspecified atom stereocenters. The zero-order valence-corrected chi connectivity index (χ0v) is 14.8. The lowest BCUT2D eigenvalue weighted by Gasteiger charge is -2.14.